The van der Waals surface area contributed by atoms with Gasteiger partial charge in [0.05, 0.1) is 36.1 Å². The molecule has 2 saturated heterocycles. The Balaban J connectivity index is 1.72. The molecule has 3 aliphatic rings. The van der Waals surface area contributed by atoms with E-state index >= 15 is 4.39 Å². The number of benzene rings is 1. The van der Waals surface area contributed by atoms with Crippen LogP contribution in [0.3, 0.4) is 0 Å². The van der Waals surface area contributed by atoms with Crippen molar-refractivity contribution in [3.05, 3.63) is 35.5 Å². The number of anilines is 1. The number of hydrogen-bond acceptors (Lipinski definition) is 7. The number of halogens is 1. The number of aryl methyl sites for hydroxylation is 1. The summed E-state index contributed by atoms with van der Waals surface area (Å²) in [4.78, 5) is 44.3. The molecular formula is C22H22FN3O5. The first-order valence-corrected chi connectivity index (χ1v) is 10.3. The van der Waals surface area contributed by atoms with Gasteiger partial charge in [-0.2, -0.15) is 0 Å². The smallest absolute Gasteiger partial charge is 0.242 e. The number of morpholine rings is 1. The number of nitrogens with one attached hydrogen (secondary N) is 1. The molecule has 2 aromatic rings. The molecule has 2 amide bonds. The Hall–Kier alpha value is -3.07. The summed E-state index contributed by atoms with van der Waals surface area (Å²) in [6, 6.07) is 2.35. The number of oxazole rings is 1. The van der Waals surface area contributed by atoms with E-state index in [1.165, 1.54) is 12.3 Å². The molecule has 31 heavy (non-hydrogen) atoms. The third-order valence-corrected chi connectivity index (χ3v) is 6.43. The molecule has 8 nitrogen and oxygen atoms in total. The van der Waals surface area contributed by atoms with Crippen molar-refractivity contribution in [1.82, 2.24) is 10.3 Å². The molecule has 1 unspecified atom stereocenters. The van der Waals surface area contributed by atoms with E-state index in [2.05, 4.69) is 10.3 Å². The summed E-state index contributed by atoms with van der Waals surface area (Å²) in [6.45, 7) is 5.72. The van der Waals surface area contributed by atoms with Crippen LogP contribution in [-0.2, 0) is 25.5 Å². The van der Waals surface area contributed by atoms with Crippen molar-refractivity contribution in [3.8, 4) is 11.5 Å². The van der Waals surface area contributed by atoms with Crippen molar-refractivity contribution in [2.24, 2.45) is 5.41 Å². The number of amides is 2. The third-order valence-electron chi connectivity index (χ3n) is 6.43. The van der Waals surface area contributed by atoms with Crippen LogP contribution < -0.4 is 10.2 Å². The molecule has 3 aliphatic heterocycles. The molecule has 1 aromatic heterocycles. The van der Waals surface area contributed by atoms with Gasteiger partial charge in [0.1, 0.15) is 17.5 Å². The van der Waals surface area contributed by atoms with Gasteiger partial charge in [-0.05, 0) is 44.9 Å². The van der Waals surface area contributed by atoms with Gasteiger partial charge in [0.15, 0.2) is 5.78 Å². The van der Waals surface area contributed by atoms with Crippen LogP contribution in [0.25, 0.3) is 11.5 Å². The normalized spacial score (nSPS) is 30.3. The monoisotopic (exact) mass is 427 g/mol. The molecule has 2 fully saturated rings. The van der Waals surface area contributed by atoms with Crippen molar-refractivity contribution < 1.29 is 27.9 Å². The van der Waals surface area contributed by atoms with Crippen LogP contribution in [0.15, 0.2) is 22.8 Å². The third kappa shape index (κ3) is 2.83. The van der Waals surface area contributed by atoms with Crippen LogP contribution in [0, 0.1) is 18.2 Å². The standard InChI is InChI=1S/C22H22FN3O5/c1-10-9-30-20(24-10)13-4-14-7-22(16(27)6-17(28)25-21(22)29)19-12(3)31-11(2)8-26(19)18(14)15(23)5-13/h4-5,9,11-12,19H,6-8H2,1-3H3,(H,25,28,29)/t11-,12+,19-,22?/m1/s1. The van der Waals surface area contributed by atoms with Gasteiger partial charge in [-0.15, -0.1) is 0 Å². The number of ether oxygens (including phenoxy) is 1. The lowest BCUT2D eigenvalue weighted by molar-refractivity contribution is -0.158. The topological polar surface area (TPSA) is 102 Å². The zero-order chi connectivity index (χ0) is 22.1. The van der Waals surface area contributed by atoms with Gasteiger partial charge < -0.3 is 14.1 Å². The van der Waals surface area contributed by atoms with Gasteiger partial charge in [0.25, 0.3) is 0 Å². The maximum Gasteiger partial charge on any atom is 0.242 e. The van der Waals surface area contributed by atoms with Crippen LogP contribution in [0.5, 0.6) is 0 Å². The van der Waals surface area contributed by atoms with E-state index in [0.717, 1.165) is 0 Å². The summed E-state index contributed by atoms with van der Waals surface area (Å²) in [5.74, 6) is -1.97. The van der Waals surface area contributed by atoms with E-state index in [0.29, 0.717) is 29.1 Å². The lowest BCUT2D eigenvalue weighted by Crippen LogP contribution is -2.72. The highest BCUT2D eigenvalue weighted by Crippen LogP contribution is 2.49. The number of imide groups is 1. The quantitative estimate of drug-likeness (QED) is 0.548. The first-order valence-electron chi connectivity index (χ1n) is 10.3. The summed E-state index contributed by atoms with van der Waals surface area (Å²) in [5.41, 5.74) is 0.384. The molecule has 0 aliphatic carbocycles. The molecule has 1 aromatic carbocycles. The molecule has 9 heteroatoms. The highest BCUT2D eigenvalue weighted by molar-refractivity contribution is 6.22. The highest BCUT2D eigenvalue weighted by atomic mass is 19.1. The lowest BCUT2D eigenvalue weighted by atomic mass is 9.63. The van der Waals surface area contributed by atoms with Gasteiger partial charge in [-0.25, -0.2) is 9.37 Å². The number of aromatic nitrogens is 1. The number of hydrogen-bond donors (Lipinski definition) is 1. The second-order valence-corrected chi connectivity index (χ2v) is 8.63. The summed E-state index contributed by atoms with van der Waals surface area (Å²) in [7, 11) is 0. The predicted octanol–water partition coefficient (Wildman–Crippen LogP) is 1.93. The van der Waals surface area contributed by atoms with E-state index in [1.54, 1.807) is 24.8 Å². The minimum Gasteiger partial charge on any atom is -0.444 e. The van der Waals surface area contributed by atoms with E-state index in [1.807, 2.05) is 6.92 Å². The number of piperidine rings is 1. The Morgan fingerprint density at radius 2 is 2.03 bits per heavy atom. The second-order valence-electron chi connectivity index (χ2n) is 8.63. The molecule has 5 rings (SSSR count). The SMILES string of the molecule is Cc1coc(-c2cc(F)c3c(c2)CC2(C(=O)CC(=O)NC2=O)[C@H]2[C@H](C)O[C@H](C)CN32)n1. The molecule has 0 bridgehead atoms. The number of fused-ring (bicyclic) bond motifs is 4. The Bertz CT molecular complexity index is 1110. The fraction of sp³-hybridized carbons (Fsp3) is 0.455. The van der Waals surface area contributed by atoms with Crippen molar-refractivity contribution in [3.63, 3.8) is 0 Å². The number of Topliss-reactive ketones (excluding diaryl/α,β-unsaturated/α-hetero) is 1. The summed E-state index contributed by atoms with van der Waals surface area (Å²) < 4.78 is 26.8. The average Bonchev–Trinajstić information content (AvgIpc) is 3.11. The molecule has 4 heterocycles. The predicted molar refractivity (Wildman–Crippen MR) is 107 cm³/mol. The largest absolute Gasteiger partial charge is 0.444 e. The van der Waals surface area contributed by atoms with Gasteiger partial charge >= 0.3 is 0 Å². The minimum atomic E-state index is -1.54. The van der Waals surface area contributed by atoms with E-state index in [-0.39, 0.29) is 18.4 Å². The van der Waals surface area contributed by atoms with Gasteiger partial charge in [-0.1, -0.05) is 0 Å². The van der Waals surface area contributed by atoms with Crippen LogP contribution >= 0.6 is 0 Å². The summed E-state index contributed by atoms with van der Waals surface area (Å²) in [6.07, 6.45) is 0.293. The molecule has 1 spiro atoms. The van der Waals surface area contributed by atoms with E-state index in [9.17, 15) is 14.4 Å². The molecular weight excluding hydrogens is 405 g/mol. The molecule has 162 valence electrons. The number of nitrogens with zero attached hydrogens (tertiary/aromatic N) is 2. The van der Waals surface area contributed by atoms with Gasteiger partial charge in [-0.3, -0.25) is 19.7 Å². The second kappa shape index (κ2) is 6.71. The fourth-order valence-electron chi connectivity index (χ4n) is 5.34. The number of carbonyl (C=O) groups excluding carboxylic acids is 3. The first-order chi connectivity index (χ1) is 14.7. The van der Waals surface area contributed by atoms with Gasteiger partial charge in [0, 0.05) is 12.1 Å². The van der Waals surface area contributed by atoms with Crippen LogP contribution in [-0.4, -0.2) is 47.4 Å². The average molecular weight is 427 g/mol. The molecule has 0 radical (unpaired) electrons. The maximum atomic E-state index is 15.5. The van der Waals surface area contributed by atoms with Crippen molar-refractivity contribution >= 4 is 23.3 Å². The first kappa shape index (κ1) is 19.9. The van der Waals surface area contributed by atoms with Crippen molar-refractivity contribution in [1.29, 1.82) is 0 Å². The number of ketones is 1. The lowest BCUT2D eigenvalue weighted by Gasteiger charge is -2.55. The van der Waals surface area contributed by atoms with Crippen LogP contribution in [0.4, 0.5) is 10.1 Å². The number of rotatable bonds is 1. The maximum absolute atomic E-state index is 15.5. The Labute approximate surface area is 177 Å². The molecule has 4 atom stereocenters. The Morgan fingerprint density at radius 1 is 1.26 bits per heavy atom. The Morgan fingerprint density at radius 3 is 2.71 bits per heavy atom. The number of carbonyl (C=O) groups is 3. The fourth-order valence-corrected chi connectivity index (χ4v) is 5.34. The minimum absolute atomic E-state index is 0.0338. The van der Waals surface area contributed by atoms with Crippen molar-refractivity contribution in [2.75, 3.05) is 11.4 Å². The van der Waals surface area contributed by atoms with E-state index in [4.69, 9.17) is 9.15 Å². The summed E-state index contributed by atoms with van der Waals surface area (Å²) in [5, 5.41) is 2.32. The van der Waals surface area contributed by atoms with Crippen LogP contribution in [0.2, 0.25) is 0 Å². The zero-order valence-electron chi connectivity index (χ0n) is 17.4. The molecule has 1 N–H and O–H groups in total. The van der Waals surface area contributed by atoms with E-state index < -0.39 is 47.4 Å². The Kier molecular flexibility index (Phi) is 4.30. The summed E-state index contributed by atoms with van der Waals surface area (Å²) >= 11 is 0. The van der Waals surface area contributed by atoms with Gasteiger partial charge in [0.2, 0.25) is 17.7 Å². The van der Waals surface area contributed by atoms with Crippen molar-refractivity contribution in [2.45, 2.75) is 51.9 Å². The van der Waals surface area contributed by atoms with Crippen LogP contribution in [0.1, 0.15) is 31.5 Å². The zero-order valence-corrected chi connectivity index (χ0v) is 17.4. The molecule has 0 saturated carbocycles. The highest BCUT2D eigenvalue weighted by Gasteiger charge is 2.62.